The first kappa shape index (κ1) is 14.0. The first-order valence-electron chi connectivity index (χ1n) is 6.28. The lowest BCUT2D eigenvalue weighted by molar-refractivity contribution is -0.160. The Kier molecular flexibility index (Phi) is 4.95. The second-order valence-corrected chi connectivity index (χ2v) is 5.49. The molecule has 0 aromatic carbocycles. The van der Waals surface area contributed by atoms with E-state index < -0.39 is 5.60 Å². The van der Waals surface area contributed by atoms with Gasteiger partial charge in [-0.1, -0.05) is 0 Å². The fourth-order valence-electron chi connectivity index (χ4n) is 2.09. The average molecular weight is 238 g/mol. The molecular weight excluding hydrogens is 216 g/mol. The predicted molar refractivity (Wildman–Crippen MR) is 65.3 cm³/mol. The average Bonchev–Trinajstić information content (AvgIpc) is 2.64. The number of unbranched alkanes of at least 4 members (excludes halogenated alkanes) is 1. The summed E-state index contributed by atoms with van der Waals surface area (Å²) in [6.07, 6.45) is 3.30. The summed E-state index contributed by atoms with van der Waals surface area (Å²) in [5, 5.41) is 8.51. The van der Waals surface area contributed by atoms with Gasteiger partial charge in [-0.25, -0.2) is 0 Å². The molecule has 1 fully saturated rings. The summed E-state index contributed by atoms with van der Waals surface area (Å²) >= 11 is 0. The van der Waals surface area contributed by atoms with E-state index in [9.17, 15) is 4.79 Å². The largest absolute Gasteiger partial charge is 0.459 e. The molecule has 0 bridgehead atoms. The van der Waals surface area contributed by atoms with Gasteiger partial charge in [-0.15, -0.1) is 0 Å². The van der Waals surface area contributed by atoms with Crippen LogP contribution in [0, 0.1) is 11.3 Å². The van der Waals surface area contributed by atoms with Gasteiger partial charge in [-0.05, 0) is 53.1 Å². The molecule has 1 saturated heterocycles. The third-order valence-corrected chi connectivity index (χ3v) is 2.78. The van der Waals surface area contributed by atoms with Gasteiger partial charge in [0.25, 0.3) is 0 Å². The third-order valence-electron chi connectivity index (χ3n) is 2.78. The Balaban J connectivity index is 2.46. The van der Waals surface area contributed by atoms with Crippen molar-refractivity contribution >= 4 is 5.97 Å². The van der Waals surface area contributed by atoms with E-state index in [-0.39, 0.29) is 12.0 Å². The lowest BCUT2D eigenvalue weighted by Crippen LogP contribution is -2.40. The third kappa shape index (κ3) is 4.74. The highest BCUT2D eigenvalue weighted by atomic mass is 16.6. The van der Waals surface area contributed by atoms with Crippen LogP contribution in [0.4, 0.5) is 0 Å². The van der Waals surface area contributed by atoms with E-state index in [1.165, 1.54) is 0 Å². The van der Waals surface area contributed by atoms with Crippen molar-refractivity contribution in [2.75, 3.05) is 13.1 Å². The Hall–Kier alpha value is -1.08. The normalized spacial score (nSPS) is 21.2. The molecule has 1 rings (SSSR count). The molecule has 0 spiro atoms. The molecule has 0 radical (unpaired) electrons. The number of esters is 1. The van der Waals surface area contributed by atoms with Gasteiger partial charge < -0.3 is 4.74 Å². The molecule has 17 heavy (non-hydrogen) atoms. The monoisotopic (exact) mass is 238 g/mol. The van der Waals surface area contributed by atoms with Gasteiger partial charge in [0, 0.05) is 6.42 Å². The molecule has 96 valence electrons. The number of carbonyl (C=O) groups excluding carboxylic acids is 1. The highest BCUT2D eigenvalue weighted by molar-refractivity contribution is 5.76. The van der Waals surface area contributed by atoms with Crippen molar-refractivity contribution in [3.05, 3.63) is 0 Å². The maximum absolute atomic E-state index is 12.0. The van der Waals surface area contributed by atoms with Crippen molar-refractivity contribution in [1.29, 1.82) is 5.26 Å². The standard InChI is InChI=1S/C13H22N2O2/c1-13(2,3)17-12(16)11-7-6-10-15(11)9-5-4-8-14/h11H,4-7,9-10H2,1-3H3/t11-/m1/s1. The van der Waals surface area contributed by atoms with Crippen LogP contribution in [0.1, 0.15) is 46.5 Å². The number of rotatable bonds is 4. The molecule has 0 amide bonds. The van der Waals surface area contributed by atoms with Crippen LogP contribution in [0.3, 0.4) is 0 Å². The zero-order chi connectivity index (χ0) is 12.9. The van der Waals surface area contributed by atoms with Crippen LogP contribution in [-0.2, 0) is 9.53 Å². The second kappa shape index (κ2) is 6.02. The van der Waals surface area contributed by atoms with Gasteiger partial charge in [-0.3, -0.25) is 9.69 Å². The SMILES string of the molecule is CC(C)(C)OC(=O)[C@H]1CCCN1CCCC#N. The van der Waals surface area contributed by atoms with Crippen molar-refractivity contribution in [3.8, 4) is 6.07 Å². The Morgan fingerprint density at radius 2 is 2.24 bits per heavy atom. The maximum Gasteiger partial charge on any atom is 0.323 e. The lowest BCUT2D eigenvalue weighted by atomic mass is 10.1. The highest BCUT2D eigenvalue weighted by Gasteiger charge is 2.33. The van der Waals surface area contributed by atoms with Crippen LogP contribution in [-0.4, -0.2) is 35.6 Å². The van der Waals surface area contributed by atoms with Crippen LogP contribution in [0.2, 0.25) is 0 Å². The fraction of sp³-hybridized carbons (Fsp3) is 0.846. The summed E-state index contributed by atoms with van der Waals surface area (Å²) in [7, 11) is 0. The smallest absolute Gasteiger partial charge is 0.323 e. The summed E-state index contributed by atoms with van der Waals surface area (Å²) < 4.78 is 5.41. The zero-order valence-corrected chi connectivity index (χ0v) is 11.0. The minimum Gasteiger partial charge on any atom is -0.459 e. The van der Waals surface area contributed by atoms with Gasteiger partial charge in [0.15, 0.2) is 0 Å². The fourth-order valence-corrected chi connectivity index (χ4v) is 2.09. The summed E-state index contributed by atoms with van der Waals surface area (Å²) in [6.45, 7) is 7.42. The minimum absolute atomic E-state index is 0.104. The topological polar surface area (TPSA) is 53.3 Å². The van der Waals surface area contributed by atoms with Crippen molar-refractivity contribution < 1.29 is 9.53 Å². The Labute approximate surface area is 104 Å². The number of hydrogen-bond acceptors (Lipinski definition) is 4. The zero-order valence-electron chi connectivity index (χ0n) is 11.0. The molecule has 0 N–H and O–H groups in total. The maximum atomic E-state index is 12.0. The van der Waals surface area contributed by atoms with Crippen molar-refractivity contribution in [3.63, 3.8) is 0 Å². The van der Waals surface area contributed by atoms with E-state index in [1.54, 1.807) is 0 Å². The van der Waals surface area contributed by atoms with Crippen molar-refractivity contribution in [2.24, 2.45) is 0 Å². The van der Waals surface area contributed by atoms with Crippen LogP contribution in [0.5, 0.6) is 0 Å². The van der Waals surface area contributed by atoms with E-state index in [0.717, 1.165) is 32.4 Å². The molecule has 0 aromatic heterocycles. The van der Waals surface area contributed by atoms with E-state index in [2.05, 4.69) is 11.0 Å². The van der Waals surface area contributed by atoms with Gasteiger partial charge in [0.05, 0.1) is 6.07 Å². The number of likely N-dealkylation sites (tertiary alicyclic amines) is 1. The van der Waals surface area contributed by atoms with Gasteiger partial charge in [0.2, 0.25) is 0 Å². The lowest BCUT2D eigenvalue weighted by Gasteiger charge is -2.27. The predicted octanol–water partition coefficient (Wildman–Crippen LogP) is 2.10. The summed E-state index contributed by atoms with van der Waals surface area (Å²) in [5.41, 5.74) is -0.419. The second-order valence-electron chi connectivity index (χ2n) is 5.49. The first-order valence-corrected chi connectivity index (χ1v) is 6.28. The molecule has 1 atom stereocenters. The molecule has 4 nitrogen and oxygen atoms in total. The van der Waals surface area contributed by atoms with E-state index in [1.807, 2.05) is 20.8 Å². The van der Waals surface area contributed by atoms with Gasteiger partial charge in [-0.2, -0.15) is 5.26 Å². The van der Waals surface area contributed by atoms with E-state index in [0.29, 0.717) is 6.42 Å². The van der Waals surface area contributed by atoms with E-state index >= 15 is 0 Å². The van der Waals surface area contributed by atoms with Crippen LogP contribution in [0.15, 0.2) is 0 Å². The molecule has 0 saturated carbocycles. The molecule has 1 aliphatic heterocycles. The first-order chi connectivity index (χ1) is 7.94. The van der Waals surface area contributed by atoms with Crippen LogP contribution in [0.25, 0.3) is 0 Å². The highest BCUT2D eigenvalue weighted by Crippen LogP contribution is 2.21. The Morgan fingerprint density at radius 3 is 2.82 bits per heavy atom. The quantitative estimate of drug-likeness (QED) is 0.556. The number of hydrogen-bond donors (Lipinski definition) is 0. The molecular formula is C13H22N2O2. The van der Waals surface area contributed by atoms with Gasteiger partial charge >= 0.3 is 5.97 Å². The summed E-state index contributed by atoms with van der Waals surface area (Å²) in [5.74, 6) is -0.119. The van der Waals surface area contributed by atoms with Crippen LogP contribution >= 0.6 is 0 Å². The number of nitrogens with zero attached hydrogens (tertiary/aromatic N) is 2. The molecule has 1 heterocycles. The number of carbonyl (C=O) groups is 1. The molecule has 0 aromatic rings. The van der Waals surface area contributed by atoms with Crippen molar-refractivity contribution in [2.45, 2.75) is 58.1 Å². The number of ether oxygens (including phenoxy) is 1. The van der Waals surface area contributed by atoms with Crippen LogP contribution < -0.4 is 0 Å². The molecule has 1 aliphatic rings. The van der Waals surface area contributed by atoms with Crippen molar-refractivity contribution in [1.82, 2.24) is 4.90 Å². The van der Waals surface area contributed by atoms with Gasteiger partial charge in [0.1, 0.15) is 11.6 Å². The molecule has 0 aliphatic carbocycles. The van der Waals surface area contributed by atoms with E-state index in [4.69, 9.17) is 10.00 Å². The number of nitriles is 1. The summed E-state index contributed by atoms with van der Waals surface area (Å²) in [4.78, 5) is 14.1. The summed E-state index contributed by atoms with van der Waals surface area (Å²) in [6, 6.07) is 2.03. The Morgan fingerprint density at radius 1 is 1.53 bits per heavy atom. The molecule has 0 unspecified atom stereocenters. The Bertz CT molecular complexity index is 302. The molecule has 4 heteroatoms. The minimum atomic E-state index is -0.419.